The van der Waals surface area contributed by atoms with Gasteiger partial charge < -0.3 is 19.0 Å². The fourth-order valence-corrected chi connectivity index (χ4v) is 5.78. The zero-order chi connectivity index (χ0) is 28.8. The number of benzene rings is 4. The lowest BCUT2D eigenvalue weighted by Crippen LogP contribution is -2.22. The predicted molar refractivity (Wildman–Crippen MR) is 154 cm³/mol. The van der Waals surface area contributed by atoms with E-state index in [0.29, 0.717) is 11.1 Å². The summed E-state index contributed by atoms with van der Waals surface area (Å²) in [6.45, 7) is 3.05. The summed E-state index contributed by atoms with van der Waals surface area (Å²) in [4.78, 5) is 12.8. The molecule has 11 heteroatoms. The molecule has 2 atom stereocenters. The van der Waals surface area contributed by atoms with Gasteiger partial charge in [0.1, 0.15) is 16.2 Å². The molecule has 2 N–H and O–H groups in total. The summed E-state index contributed by atoms with van der Waals surface area (Å²) in [5.41, 5.74) is 1.52. The van der Waals surface area contributed by atoms with Crippen molar-refractivity contribution in [1.29, 1.82) is 0 Å². The minimum atomic E-state index is -4.08. The first-order chi connectivity index (χ1) is 19.0. The maximum Gasteiger partial charge on any atom is 0.323 e. The lowest BCUT2D eigenvalue weighted by molar-refractivity contribution is 0.262. The van der Waals surface area contributed by atoms with Crippen LogP contribution in [0.5, 0.6) is 11.5 Å². The molecule has 0 bridgehead atoms. The average Bonchev–Trinajstić information content (AvgIpc) is 2.94. The smallest absolute Gasteiger partial charge is 0.323 e. The van der Waals surface area contributed by atoms with E-state index < -0.39 is 36.8 Å². The normalized spacial score (nSPS) is 13.1. The van der Waals surface area contributed by atoms with E-state index in [-0.39, 0.29) is 22.9 Å². The van der Waals surface area contributed by atoms with E-state index in [1.165, 1.54) is 44.2 Å². The molecule has 2 unspecified atom stereocenters. The second-order valence-corrected chi connectivity index (χ2v) is 12.6. The van der Waals surface area contributed by atoms with Crippen LogP contribution in [0.1, 0.15) is 35.5 Å². The molecule has 40 heavy (non-hydrogen) atoms. The van der Waals surface area contributed by atoms with Crippen molar-refractivity contribution in [2.24, 2.45) is 0 Å². The molecule has 2 amide bonds. The van der Waals surface area contributed by atoms with Crippen molar-refractivity contribution in [2.45, 2.75) is 24.3 Å². The van der Waals surface area contributed by atoms with Crippen LogP contribution in [-0.4, -0.2) is 22.9 Å². The lowest BCUT2D eigenvalue weighted by atomic mass is 10.2. The summed E-state index contributed by atoms with van der Waals surface area (Å²) in [6.07, 6.45) is 0. The van der Waals surface area contributed by atoms with Crippen molar-refractivity contribution in [3.8, 4) is 11.5 Å². The molecule has 9 nitrogen and oxygen atoms in total. The Morgan fingerprint density at radius 2 is 1.15 bits per heavy atom. The number of carbonyl (C=O) groups excluding carboxylic acids is 1. The van der Waals surface area contributed by atoms with Crippen LogP contribution in [0.25, 0.3) is 0 Å². The second kappa shape index (κ2) is 12.2. The number of nitrogens with one attached hydrogen (secondary N) is 2. The summed E-state index contributed by atoms with van der Waals surface area (Å²) < 4.78 is 62.1. The number of hydrogen-bond donors (Lipinski definition) is 2. The molecule has 4 aromatic rings. The Kier molecular flexibility index (Phi) is 8.76. The fraction of sp³-hybridized carbons (Fsp3) is 0.138. The van der Waals surface area contributed by atoms with Crippen LogP contribution in [0, 0.1) is 0 Å². The van der Waals surface area contributed by atoms with Crippen LogP contribution in [0.3, 0.4) is 0 Å². The van der Waals surface area contributed by atoms with Gasteiger partial charge in [0.05, 0.1) is 5.69 Å². The van der Waals surface area contributed by atoms with Crippen molar-refractivity contribution in [1.82, 2.24) is 0 Å². The van der Waals surface area contributed by atoms with Gasteiger partial charge in [-0.1, -0.05) is 78.9 Å². The van der Waals surface area contributed by atoms with Crippen LogP contribution in [-0.2, 0) is 20.2 Å². The fourth-order valence-electron chi connectivity index (χ4n) is 3.74. The minimum absolute atomic E-state index is 0.0188. The third-order valence-corrected chi connectivity index (χ3v) is 9.16. The highest BCUT2D eigenvalue weighted by atomic mass is 32.2. The maximum atomic E-state index is 12.9. The van der Waals surface area contributed by atoms with Crippen molar-refractivity contribution < 1.29 is 30.0 Å². The van der Waals surface area contributed by atoms with Crippen LogP contribution in [0.15, 0.2) is 109 Å². The van der Waals surface area contributed by atoms with Crippen molar-refractivity contribution in [3.63, 3.8) is 0 Å². The van der Waals surface area contributed by atoms with E-state index in [9.17, 15) is 21.6 Å². The van der Waals surface area contributed by atoms with Gasteiger partial charge >= 0.3 is 26.3 Å². The first kappa shape index (κ1) is 28.7. The first-order valence-corrected chi connectivity index (χ1v) is 15.2. The standard InChI is InChI=1S/C29H28N2O7S2/c1-21(23-12-5-3-6-13-23)39(33,34)37-26-17-11-16-25(20-26)30-29(32)31-27-18-9-10-19-28(27)38-40(35,36)22(2)24-14-7-4-8-15-24/h3-22H,1-2H3,(H2,30,31,32). The zero-order valence-electron chi connectivity index (χ0n) is 21.7. The Balaban J connectivity index is 1.44. The molecule has 4 rings (SSSR count). The van der Waals surface area contributed by atoms with E-state index in [0.717, 1.165) is 0 Å². The van der Waals surface area contributed by atoms with Gasteiger partial charge in [0.15, 0.2) is 5.75 Å². The second-order valence-electron chi connectivity index (χ2n) is 8.86. The topological polar surface area (TPSA) is 128 Å². The lowest BCUT2D eigenvalue weighted by Gasteiger charge is -2.17. The summed E-state index contributed by atoms with van der Waals surface area (Å²) >= 11 is 0. The van der Waals surface area contributed by atoms with Gasteiger partial charge in [-0.15, -0.1) is 0 Å². The Bertz CT molecular complexity index is 1680. The van der Waals surface area contributed by atoms with Crippen molar-refractivity contribution >= 4 is 37.6 Å². The SMILES string of the molecule is CC(c1ccccc1)S(=O)(=O)Oc1cccc(NC(=O)Nc2ccccc2OS(=O)(=O)C(C)c2ccccc2)c1. The van der Waals surface area contributed by atoms with E-state index in [2.05, 4.69) is 10.6 Å². The third kappa shape index (κ3) is 7.19. The van der Waals surface area contributed by atoms with Crippen molar-refractivity contribution in [2.75, 3.05) is 10.6 Å². The number of carbonyl (C=O) groups is 1. The molecule has 4 aromatic carbocycles. The van der Waals surface area contributed by atoms with Gasteiger partial charge in [-0.2, -0.15) is 16.8 Å². The molecule has 0 heterocycles. The highest BCUT2D eigenvalue weighted by molar-refractivity contribution is 7.87. The van der Waals surface area contributed by atoms with Gasteiger partial charge in [0.2, 0.25) is 0 Å². The highest BCUT2D eigenvalue weighted by Crippen LogP contribution is 2.31. The summed E-state index contributed by atoms with van der Waals surface area (Å²) in [7, 11) is -8.09. The Hall–Kier alpha value is -4.35. The largest absolute Gasteiger partial charge is 0.382 e. The summed E-state index contributed by atoms with van der Waals surface area (Å²) in [5.74, 6) is -0.0381. The number of anilines is 2. The van der Waals surface area contributed by atoms with E-state index in [1.54, 1.807) is 78.9 Å². The molecule has 0 radical (unpaired) electrons. The van der Waals surface area contributed by atoms with E-state index in [1.807, 2.05) is 0 Å². The number of rotatable bonds is 10. The molecule has 0 saturated carbocycles. The number of hydrogen-bond acceptors (Lipinski definition) is 7. The van der Waals surface area contributed by atoms with Crippen LogP contribution < -0.4 is 19.0 Å². The quantitative estimate of drug-likeness (QED) is 0.212. The molecular weight excluding hydrogens is 552 g/mol. The molecule has 0 saturated heterocycles. The van der Waals surface area contributed by atoms with Gasteiger partial charge in [-0.05, 0) is 49.2 Å². The third-order valence-electron chi connectivity index (χ3n) is 6.05. The number of urea groups is 1. The van der Waals surface area contributed by atoms with Gasteiger partial charge in [0, 0.05) is 11.8 Å². The molecule has 0 aliphatic carbocycles. The average molecular weight is 581 g/mol. The monoisotopic (exact) mass is 580 g/mol. The number of amides is 2. The molecular formula is C29H28N2O7S2. The summed E-state index contributed by atoms with van der Waals surface area (Å²) in [5, 5.41) is 3.30. The Labute approximate surface area is 234 Å². The van der Waals surface area contributed by atoms with E-state index >= 15 is 0 Å². The maximum absolute atomic E-state index is 12.9. The van der Waals surface area contributed by atoms with Crippen LogP contribution in [0.2, 0.25) is 0 Å². The zero-order valence-corrected chi connectivity index (χ0v) is 23.4. The van der Waals surface area contributed by atoms with Gasteiger partial charge in [-0.3, -0.25) is 0 Å². The highest BCUT2D eigenvalue weighted by Gasteiger charge is 2.27. The Morgan fingerprint density at radius 1 is 0.625 bits per heavy atom. The van der Waals surface area contributed by atoms with E-state index in [4.69, 9.17) is 8.37 Å². The Morgan fingerprint density at radius 3 is 1.75 bits per heavy atom. The molecule has 208 valence electrons. The molecule has 0 aliphatic heterocycles. The molecule has 0 aromatic heterocycles. The number of para-hydroxylation sites is 2. The van der Waals surface area contributed by atoms with Gasteiger partial charge in [-0.25, -0.2) is 4.79 Å². The molecule has 0 fully saturated rings. The van der Waals surface area contributed by atoms with Crippen molar-refractivity contribution in [3.05, 3.63) is 120 Å². The molecule has 0 aliphatic rings. The van der Waals surface area contributed by atoms with Crippen LogP contribution >= 0.6 is 0 Å². The molecule has 0 spiro atoms. The van der Waals surface area contributed by atoms with Crippen LogP contribution in [0.4, 0.5) is 16.2 Å². The predicted octanol–water partition coefficient (Wildman–Crippen LogP) is 6.27. The summed E-state index contributed by atoms with van der Waals surface area (Å²) in [6, 6.07) is 28.6. The van der Waals surface area contributed by atoms with Gasteiger partial charge in [0.25, 0.3) is 0 Å². The first-order valence-electron chi connectivity index (χ1n) is 12.3. The minimum Gasteiger partial charge on any atom is -0.382 e.